The van der Waals surface area contributed by atoms with Gasteiger partial charge in [0.2, 0.25) is 5.95 Å². The van der Waals surface area contributed by atoms with E-state index in [1.54, 1.807) is 15.9 Å². The van der Waals surface area contributed by atoms with Gasteiger partial charge in [-0.3, -0.25) is 19.8 Å². The van der Waals surface area contributed by atoms with Crippen LogP contribution in [0, 0.1) is 5.95 Å². The highest BCUT2D eigenvalue weighted by atomic mass is 79.9. The topological polar surface area (TPSA) is 98.0 Å². The zero-order valence-electron chi connectivity index (χ0n) is 12.2. The lowest BCUT2D eigenvalue weighted by atomic mass is 10.1. The molecule has 0 unspecified atom stereocenters. The summed E-state index contributed by atoms with van der Waals surface area (Å²) < 4.78 is 13.6. The van der Waals surface area contributed by atoms with Crippen LogP contribution in [0.2, 0.25) is 0 Å². The van der Waals surface area contributed by atoms with Crippen molar-refractivity contribution in [3.8, 4) is 0 Å². The zero-order valence-corrected chi connectivity index (χ0v) is 13.8. The molecule has 0 spiro atoms. The van der Waals surface area contributed by atoms with Gasteiger partial charge in [0, 0.05) is 37.8 Å². The van der Waals surface area contributed by atoms with Crippen molar-refractivity contribution in [3.05, 3.63) is 34.1 Å². The Hall–Kier alpha value is -2.23. The van der Waals surface area contributed by atoms with Crippen LogP contribution in [0.3, 0.4) is 0 Å². The summed E-state index contributed by atoms with van der Waals surface area (Å²) in [4.78, 5) is 27.9. The predicted octanol–water partition coefficient (Wildman–Crippen LogP) is 1.02. The van der Waals surface area contributed by atoms with E-state index in [0.717, 1.165) is 6.07 Å². The molecular formula is C13H14BrFN6O2. The van der Waals surface area contributed by atoms with Gasteiger partial charge in [0.05, 0.1) is 0 Å². The fourth-order valence-corrected chi connectivity index (χ4v) is 2.87. The second-order valence-electron chi connectivity index (χ2n) is 5.30. The van der Waals surface area contributed by atoms with Gasteiger partial charge in [0.25, 0.3) is 11.8 Å². The molecule has 0 bridgehead atoms. The number of hydrogen-bond donors (Lipinski definition) is 2. The van der Waals surface area contributed by atoms with Crippen LogP contribution >= 0.6 is 15.9 Å². The molecular weight excluding hydrogens is 371 g/mol. The number of halogens is 2. The third kappa shape index (κ3) is 3.11. The van der Waals surface area contributed by atoms with Crippen LogP contribution in [0.5, 0.6) is 0 Å². The number of carbonyl (C=O) groups is 2. The summed E-state index contributed by atoms with van der Waals surface area (Å²) in [5.41, 5.74) is 0.351. The molecule has 2 aromatic rings. The monoisotopic (exact) mass is 384 g/mol. The van der Waals surface area contributed by atoms with E-state index >= 15 is 0 Å². The quantitative estimate of drug-likeness (QED) is 0.807. The first-order valence-electron chi connectivity index (χ1n) is 6.98. The minimum Gasteiger partial charge on any atom is -0.333 e. The van der Waals surface area contributed by atoms with E-state index in [1.807, 2.05) is 6.92 Å². The molecule has 0 aliphatic carbocycles. The van der Waals surface area contributed by atoms with Crippen LogP contribution in [-0.4, -0.2) is 67.7 Å². The molecule has 3 rings (SSSR count). The van der Waals surface area contributed by atoms with Crippen molar-refractivity contribution in [2.45, 2.75) is 13.0 Å². The maximum Gasteiger partial charge on any atom is 0.274 e. The second-order valence-corrected chi connectivity index (χ2v) is 6.16. The summed E-state index contributed by atoms with van der Waals surface area (Å²) in [6.07, 6.45) is 0. The minimum atomic E-state index is -0.654. The van der Waals surface area contributed by atoms with Gasteiger partial charge in [0.15, 0.2) is 11.4 Å². The van der Waals surface area contributed by atoms with E-state index in [9.17, 15) is 14.0 Å². The Kier molecular flexibility index (Phi) is 4.16. The Morgan fingerprint density at radius 1 is 1.22 bits per heavy atom. The second kappa shape index (κ2) is 6.11. The number of rotatable bonds is 2. The van der Waals surface area contributed by atoms with Crippen LogP contribution in [0.15, 0.2) is 16.7 Å². The van der Waals surface area contributed by atoms with Crippen molar-refractivity contribution >= 4 is 27.7 Å². The van der Waals surface area contributed by atoms with Gasteiger partial charge in [-0.25, -0.2) is 0 Å². The molecule has 2 aromatic heterocycles. The van der Waals surface area contributed by atoms with Gasteiger partial charge in [-0.15, -0.1) is 0 Å². The molecule has 2 N–H and O–H groups in total. The number of aromatic amines is 2. The minimum absolute atomic E-state index is 0.0327. The number of piperazine rings is 1. The SMILES string of the molecule is C[C@@H]1CN(C(=O)c2cc(Br)[nH]n2)CCN1C(=O)c1cc(F)[nH]n1. The number of H-pyrrole nitrogens is 2. The maximum atomic E-state index is 13.0. The van der Waals surface area contributed by atoms with E-state index in [-0.39, 0.29) is 23.6 Å². The van der Waals surface area contributed by atoms with Gasteiger partial charge >= 0.3 is 0 Å². The van der Waals surface area contributed by atoms with Crippen LogP contribution in [0.4, 0.5) is 4.39 Å². The van der Waals surface area contributed by atoms with E-state index < -0.39 is 5.95 Å². The van der Waals surface area contributed by atoms with Crippen molar-refractivity contribution in [3.63, 3.8) is 0 Å². The molecule has 0 aromatic carbocycles. The smallest absolute Gasteiger partial charge is 0.274 e. The van der Waals surface area contributed by atoms with E-state index in [0.29, 0.717) is 29.9 Å². The Labute approximate surface area is 139 Å². The van der Waals surface area contributed by atoms with Crippen LogP contribution in [0.25, 0.3) is 0 Å². The van der Waals surface area contributed by atoms with E-state index in [4.69, 9.17) is 0 Å². The molecule has 0 saturated carbocycles. The van der Waals surface area contributed by atoms with Crippen molar-refractivity contribution in [2.24, 2.45) is 0 Å². The molecule has 1 saturated heterocycles. The van der Waals surface area contributed by atoms with Gasteiger partial charge < -0.3 is 9.80 Å². The first-order valence-corrected chi connectivity index (χ1v) is 7.77. The largest absolute Gasteiger partial charge is 0.333 e. The Bertz CT molecular complexity index is 744. The Morgan fingerprint density at radius 2 is 1.91 bits per heavy atom. The first kappa shape index (κ1) is 15.7. The maximum absolute atomic E-state index is 13.0. The number of nitrogens with zero attached hydrogens (tertiary/aromatic N) is 4. The van der Waals surface area contributed by atoms with Crippen LogP contribution in [0.1, 0.15) is 27.9 Å². The Morgan fingerprint density at radius 3 is 2.48 bits per heavy atom. The Balaban J connectivity index is 1.67. The van der Waals surface area contributed by atoms with Gasteiger partial charge in [0.1, 0.15) is 4.60 Å². The lowest BCUT2D eigenvalue weighted by molar-refractivity contribution is 0.0408. The highest BCUT2D eigenvalue weighted by Crippen LogP contribution is 2.16. The molecule has 23 heavy (non-hydrogen) atoms. The number of hydrogen-bond acceptors (Lipinski definition) is 4. The third-order valence-electron chi connectivity index (χ3n) is 3.71. The normalized spacial score (nSPS) is 18.3. The van der Waals surface area contributed by atoms with Crippen molar-refractivity contribution in [1.82, 2.24) is 30.2 Å². The summed E-state index contributed by atoms with van der Waals surface area (Å²) in [5.74, 6) is -1.21. The van der Waals surface area contributed by atoms with E-state index in [1.165, 1.54) is 0 Å². The number of amides is 2. The average molecular weight is 385 g/mol. The third-order valence-corrected chi connectivity index (χ3v) is 4.11. The van der Waals surface area contributed by atoms with Crippen molar-refractivity contribution < 1.29 is 14.0 Å². The molecule has 8 nitrogen and oxygen atoms in total. The zero-order chi connectivity index (χ0) is 16.6. The summed E-state index contributed by atoms with van der Waals surface area (Å²) in [6.45, 7) is 2.95. The number of aromatic nitrogens is 4. The number of carbonyl (C=O) groups excluding carboxylic acids is 2. The fourth-order valence-electron chi connectivity index (χ4n) is 2.57. The van der Waals surface area contributed by atoms with Gasteiger partial charge in [-0.2, -0.15) is 14.6 Å². The fraction of sp³-hybridized carbons (Fsp3) is 0.385. The summed E-state index contributed by atoms with van der Waals surface area (Å²) >= 11 is 3.21. The molecule has 2 amide bonds. The molecule has 122 valence electrons. The molecule has 1 atom stereocenters. The molecule has 1 aliphatic rings. The highest BCUT2D eigenvalue weighted by Gasteiger charge is 2.32. The standard InChI is InChI=1S/C13H14BrFN6O2/c1-7-6-20(12(22)8-4-10(14)18-16-8)2-3-21(7)13(23)9-5-11(15)19-17-9/h4-5,7H,2-3,6H2,1H3,(H,16,18)(H,17,19)/t7-/m1/s1. The van der Waals surface area contributed by atoms with E-state index in [2.05, 4.69) is 36.3 Å². The lowest BCUT2D eigenvalue weighted by Crippen LogP contribution is -2.55. The highest BCUT2D eigenvalue weighted by molar-refractivity contribution is 9.10. The summed E-state index contributed by atoms with van der Waals surface area (Å²) in [7, 11) is 0. The average Bonchev–Trinajstić information content (AvgIpc) is 3.14. The molecule has 10 heteroatoms. The van der Waals surface area contributed by atoms with Crippen LogP contribution in [-0.2, 0) is 0 Å². The summed E-state index contributed by atoms with van der Waals surface area (Å²) in [6, 6.07) is 2.47. The number of nitrogens with one attached hydrogen (secondary N) is 2. The first-order chi connectivity index (χ1) is 11.0. The van der Waals surface area contributed by atoms with Gasteiger partial charge in [-0.05, 0) is 22.9 Å². The predicted molar refractivity (Wildman–Crippen MR) is 81.2 cm³/mol. The lowest BCUT2D eigenvalue weighted by Gasteiger charge is -2.39. The molecule has 0 radical (unpaired) electrons. The molecule has 1 fully saturated rings. The van der Waals surface area contributed by atoms with Crippen molar-refractivity contribution in [2.75, 3.05) is 19.6 Å². The van der Waals surface area contributed by atoms with Crippen LogP contribution < -0.4 is 0 Å². The van der Waals surface area contributed by atoms with Gasteiger partial charge in [-0.1, -0.05) is 0 Å². The molecule has 1 aliphatic heterocycles. The van der Waals surface area contributed by atoms with Crippen molar-refractivity contribution in [1.29, 1.82) is 0 Å². The molecule has 3 heterocycles. The summed E-state index contributed by atoms with van der Waals surface area (Å²) in [5, 5.41) is 12.3.